The summed E-state index contributed by atoms with van der Waals surface area (Å²) < 4.78 is 0. The predicted octanol–water partition coefficient (Wildman–Crippen LogP) is -0.0563. The molecule has 0 spiro atoms. The molecule has 1 aliphatic heterocycles. The zero-order valence-electron chi connectivity index (χ0n) is 12.5. The van der Waals surface area contributed by atoms with Crippen molar-refractivity contribution in [3.8, 4) is 12.3 Å². The number of rotatable bonds is 5. The zero-order valence-corrected chi connectivity index (χ0v) is 13.3. The lowest BCUT2D eigenvalue weighted by Gasteiger charge is -2.25. The van der Waals surface area contributed by atoms with Gasteiger partial charge < -0.3 is 15.5 Å². The monoisotopic (exact) mass is 323 g/mol. The van der Waals surface area contributed by atoms with Gasteiger partial charge in [0.25, 0.3) is 0 Å². The highest BCUT2D eigenvalue weighted by Crippen LogP contribution is 2.30. The van der Waals surface area contributed by atoms with Crippen molar-refractivity contribution in [2.24, 2.45) is 5.92 Å². The standard InChI is InChI=1S/C15H21N3O3S/c1-2-7-16-13(19)8-17-14(20)12-9-22-10-18(12)15(21)11-5-3-4-6-11/h1,11-12H,3-10H2,(H,16,19)(H,17,20)/t12-/m1/s1. The van der Waals surface area contributed by atoms with Gasteiger partial charge in [0.2, 0.25) is 17.7 Å². The van der Waals surface area contributed by atoms with Crippen LogP contribution >= 0.6 is 11.8 Å². The normalized spacial score (nSPS) is 21.4. The molecule has 22 heavy (non-hydrogen) atoms. The van der Waals surface area contributed by atoms with E-state index < -0.39 is 6.04 Å². The van der Waals surface area contributed by atoms with Crippen LogP contribution in [0, 0.1) is 18.3 Å². The van der Waals surface area contributed by atoms with Crippen molar-refractivity contribution in [2.45, 2.75) is 31.7 Å². The Kier molecular flexibility index (Phi) is 6.13. The highest BCUT2D eigenvalue weighted by atomic mass is 32.2. The van der Waals surface area contributed by atoms with Crippen LogP contribution < -0.4 is 10.6 Å². The van der Waals surface area contributed by atoms with Gasteiger partial charge in [0, 0.05) is 11.7 Å². The largest absolute Gasteiger partial charge is 0.345 e. The maximum Gasteiger partial charge on any atom is 0.244 e. The van der Waals surface area contributed by atoms with Gasteiger partial charge in [-0.2, -0.15) is 0 Å². The molecular formula is C15H21N3O3S. The Morgan fingerprint density at radius 2 is 1.95 bits per heavy atom. The van der Waals surface area contributed by atoms with Gasteiger partial charge in [-0.25, -0.2) is 0 Å². The lowest BCUT2D eigenvalue weighted by atomic mass is 10.1. The second kappa shape index (κ2) is 8.08. The van der Waals surface area contributed by atoms with Crippen LogP contribution in [0.1, 0.15) is 25.7 Å². The summed E-state index contributed by atoms with van der Waals surface area (Å²) in [6.07, 6.45) is 9.06. The number of hydrogen-bond acceptors (Lipinski definition) is 4. The first kappa shape index (κ1) is 16.7. The van der Waals surface area contributed by atoms with Gasteiger partial charge in [-0.1, -0.05) is 18.8 Å². The van der Waals surface area contributed by atoms with Gasteiger partial charge in [0.1, 0.15) is 6.04 Å². The molecule has 7 heteroatoms. The van der Waals surface area contributed by atoms with Crippen molar-refractivity contribution in [3.63, 3.8) is 0 Å². The molecule has 0 aromatic carbocycles. The minimum atomic E-state index is -0.474. The highest BCUT2D eigenvalue weighted by molar-refractivity contribution is 7.99. The first-order chi connectivity index (χ1) is 10.6. The van der Waals surface area contributed by atoms with Crippen LogP contribution in [0.3, 0.4) is 0 Å². The number of hydrogen-bond donors (Lipinski definition) is 2. The third-order valence-electron chi connectivity index (χ3n) is 3.98. The molecule has 1 aliphatic carbocycles. The Bertz CT molecular complexity index is 483. The second-order valence-corrected chi connectivity index (χ2v) is 6.50. The summed E-state index contributed by atoms with van der Waals surface area (Å²) in [6, 6.07) is -0.474. The summed E-state index contributed by atoms with van der Waals surface area (Å²) >= 11 is 1.57. The van der Waals surface area contributed by atoms with E-state index in [9.17, 15) is 14.4 Å². The van der Waals surface area contributed by atoms with E-state index in [1.807, 2.05) is 0 Å². The molecular weight excluding hydrogens is 302 g/mol. The number of carbonyl (C=O) groups is 3. The molecule has 1 saturated carbocycles. The molecule has 2 rings (SSSR count). The minimum Gasteiger partial charge on any atom is -0.345 e. The second-order valence-electron chi connectivity index (χ2n) is 5.50. The van der Waals surface area contributed by atoms with Gasteiger partial charge in [-0.05, 0) is 12.8 Å². The predicted molar refractivity (Wildman–Crippen MR) is 84.8 cm³/mol. The molecule has 0 aromatic heterocycles. The molecule has 0 unspecified atom stereocenters. The smallest absolute Gasteiger partial charge is 0.244 e. The van der Waals surface area contributed by atoms with Crippen molar-refractivity contribution in [1.82, 2.24) is 15.5 Å². The Morgan fingerprint density at radius 3 is 2.64 bits per heavy atom. The van der Waals surface area contributed by atoms with Crippen LogP contribution in [-0.4, -0.2) is 53.4 Å². The summed E-state index contributed by atoms with van der Waals surface area (Å²) in [5.41, 5.74) is 0. The summed E-state index contributed by atoms with van der Waals surface area (Å²) in [4.78, 5) is 37.8. The van der Waals surface area contributed by atoms with Crippen LogP contribution in [0.2, 0.25) is 0 Å². The molecule has 1 heterocycles. The van der Waals surface area contributed by atoms with E-state index >= 15 is 0 Å². The minimum absolute atomic E-state index is 0.0629. The lowest BCUT2D eigenvalue weighted by Crippen LogP contribution is -2.50. The molecule has 2 N–H and O–H groups in total. The summed E-state index contributed by atoms with van der Waals surface area (Å²) in [5, 5.41) is 5.06. The van der Waals surface area contributed by atoms with Crippen molar-refractivity contribution < 1.29 is 14.4 Å². The fourth-order valence-electron chi connectivity index (χ4n) is 2.78. The number of terminal acetylenes is 1. The molecule has 3 amide bonds. The molecule has 0 aromatic rings. The van der Waals surface area contributed by atoms with E-state index in [0.29, 0.717) is 11.6 Å². The van der Waals surface area contributed by atoms with E-state index in [2.05, 4.69) is 16.6 Å². The molecule has 1 saturated heterocycles. The van der Waals surface area contributed by atoms with Gasteiger partial charge in [0.05, 0.1) is 19.0 Å². The third-order valence-corrected chi connectivity index (χ3v) is 5.00. The quantitative estimate of drug-likeness (QED) is 0.695. The van der Waals surface area contributed by atoms with E-state index in [1.165, 1.54) is 0 Å². The molecule has 120 valence electrons. The van der Waals surface area contributed by atoms with Gasteiger partial charge in [-0.3, -0.25) is 14.4 Å². The van der Waals surface area contributed by atoms with Crippen molar-refractivity contribution in [3.05, 3.63) is 0 Å². The number of nitrogens with one attached hydrogen (secondary N) is 2. The summed E-state index contributed by atoms with van der Waals surface area (Å²) in [7, 11) is 0. The van der Waals surface area contributed by atoms with Crippen LogP contribution in [-0.2, 0) is 14.4 Å². The van der Waals surface area contributed by atoms with Crippen molar-refractivity contribution in [2.75, 3.05) is 24.7 Å². The first-order valence-corrected chi connectivity index (χ1v) is 8.65. The highest BCUT2D eigenvalue weighted by Gasteiger charge is 2.38. The molecule has 0 radical (unpaired) electrons. The van der Waals surface area contributed by atoms with Gasteiger partial charge >= 0.3 is 0 Å². The fourth-order valence-corrected chi connectivity index (χ4v) is 3.95. The van der Waals surface area contributed by atoms with Crippen LogP contribution in [0.25, 0.3) is 0 Å². The topological polar surface area (TPSA) is 78.5 Å². The van der Waals surface area contributed by atoms with E-state index in [4.69, 9.17) is 6.42 Å². The van der Waals surface area contributed by atoms with Crippen LogP contribution in [0.4, 0.5) is 0 Å². The first-order valence-electron chi connectivity index (χ1n) is 7.49. The van der Waals surface area contributed by atoms with E-state index in [-0.39, 0.29) is 36.7 Å². The Labute approximate surface area is 134 Å². The van der Waals surface area contributed by atoms with Gasteiger partial charge in [-0.15, -0.1) is 18.2 Å². The third kappa shape index (κ3) is 4.17. The van der Waals surface area contributed by atoms with Crippen molar-refractivity contribution in [1.29, 1.82) is 0 Å². The molecule has 1 atom stereocenters. The maximum absolute atomic E-state index is 12.5. The SMILES string of the molecule is C#CCNC(=O)CNC(=O)[C@H]1CSCN1C(=O)C1CCCC1. The van der Waals surface area contributed by atoms with E-state index in [0.717, 1.165) is 25.7 Å². The number of carbonyl (C=O) groups excluding carboxylic acids is 3. The summed E-state index contributed by atoms with van der Waals surface area (Å²) in [6.45, 7) is 0.0212. The van der Waals surface area contributed by atoms with Crippen LogP contribution in [0.5, 0.6) is 0 Å². The Balaban J connectivity index is 1.84. The number of nitrogens with zero attached hydrogens (tertiary/aromatic N) is 1. The zero-order chi connectivity index (χ0) is 15.9. The number of thioether (sulfide) groups is 1. The van der Waals surface area contributed by atoms with Crippen LogP contribution in [0.15, 0.2) is 0 Å². The fraction of sp³-hybridized carbons (Fsp3) is 0.667. The number of amides is 3. The molecule has 0 bridgehead atoms. The summed E-state index contributed by atoms with van der Waals surface area (Å²) in [5.74, 6) is 2.97. The molecule has 2 aliphatic rings. The van der Waals surface area contributed by atoms with Crippen molar-refractivity contribution >= 4 is 29.5 Å². The average Bonchev–Trinajstić information content (AvgIpc) is 3.20. The van der Waals surface area contributed by atoms with E-state index in [1.54, 1.807) is 16.7 Å². The molecule has 2 fully saturated rings. The Hall–Kier alpha value is -1.68. The lowest BCUT2D eigenvalue weighted by molar-refractivity contribution is -0.141. The maximum atomic E-state index is 12.5. The molecule has 6 nitrogen and oxygen atoms in total. The Morgan fingerprint density at radius 1 is 1.23 bits per heavy atom. The average molecular weight is 323 g/mol. The van der Waals surface area contributed by atoms with Gasteiger partial charge in [0.15, 0.2) is 0 Å².